The second-order valence-electron chi connectivity index (χ2n) is 7.38. The van der Waals surface area contributed by atoms with Gasteiger partial charge in [-0.15, -0.1) is 0 Å². The van der Waals surface area contributed by atoms with E-state index in [2.05, 4.69) is 86.4 Å². The van der Waals surface area contributed by atoms with Gasteiger partial charge in [0.25, 0.3) is 0 Å². The number of rotatable bonds is 0. The molecular formula is C22H30N2P2Pt+2. The molecule has 0 atom stereocenters. The first-order chi connectivity index (χ1) is 12.4. The van der Waals surface area contributed by atoms with Crippen LogP contribution < -0.4 is 0 Å². The van der Waals surface area contributed by atoms with Crippen molar-refractivity contribution in [2.24, 2.45) is 0 Å². The zero-order valence-electron chi connectivity index (χ0n) is 17.0. The van der Waals surface area contributed by atoms with Gasteiger partial charge < -0.3 is 0 Å². The van der Waals surface area contributed by atoms with E-state index in [1.165, 1.54) is 5.39 Å². The summed E-state index contributed by atoms with van der Waals surface area (Å²) in [6.07, 6.45) is 3.67. The fraction of sp³-hybridized carbons (Fsp3) is 0.273. The average Bonchev–Trinajstić information content (AvgIpc) is 2.60. The van der Waals surface area contributed by atoms with Crippen LogP contribution in [0.3, 0.4) is 0 Å². The van der Waals surface area contributed by atoms with E-state index in [9.17, 15) is 0 Å². The number of aromatic nitrogens is 2. The molecule has 2 heterocycles. The third kappa shape index (κ3) is 7.19. The molecule has 0 aliphatic carbocycles. The summed E-state index contributed by atoms with van der Waals surface area (Å²) >= 11 is 0. The van der Waals surface area contributed by atoms with E-state index in [1.54, 1.807) is 0 Å². The Hall–Kier alpha value is -0.932. The van der Waals surface area contributed by atoms with Crippen LogP contribution in [0.25, 0.3) is 32.6 Å². The van der Waals surface area contributed by atoms with Gasteiger partial charge >= 0.3 is 0 Å². The molecule has 0 amide bonds. The predicted octanol–water partition coefficient (Wildman–Crippen LogP) is 6.11. The zero-order chi connectivity index (χ0) is 19.1. The van der Waals surface area contributed by atoms with Crippen molar-refractivity contribution in [3.63, 3.8) is 0 Å². The number of hydrogen-bond acceptors (Lipinski definition) is 2. The van der Waals surface area contributed by atoms with E-state index in [4.69, 9.17) is 0 Å². The monoisotopic (exact) mass is 579 g/mol. The van der Waals surface area contributed by atoms with E-state index in [-0.39, 0.29) is 36.9 Å². The molecule has 0 saturated heterocycles. The SMILES string of the molecule is C[PH+](C)C.C[PH+](C)C.[Pt].c1cnc2c(c1)ccc1ccc3cccnc3c12. The summed E-state index contributed by atoms with van der Waals surface area (Å²) < 4.78 is 0. The predicted molar refractivity (Wildman–Crippen MR) is 127 cm³/mol. The Kier molecular flexibility index (Phi) is 10.5. The molecule has 2 aromatic heterocycles. The molecule has 0 fully saturated rings. The van der Waals surface area contributed by atoms with Crippen molar-refractivity contribution in [2.45, 2.75) is 0 Å². The number of fused-ring (bicyclic) bond motifs is 5. The minimum absolute atomic E-state index is 0. The van der Waals surface area contributed by atoms with Crippen molar-refractivity contribution >= 4 is 48.4 Å². The third-order valence-electron chi connectivity index (χ3n) is 3.33. The topological polar surface area (TPSA) is 25.8 Å². The van der Waals surface area contributed by atoms with Crippen LogP contribution in [0.15, 0.2) is 60.9 Å². The molecule has 2 aromatic carbocycles. The Labute approximate surface area is 180 Å². The minimum Gasteiger partial charge on any atom is -0.256 e. The normalized spacial score (nSPS) is 10.2. The molecule has 0 bridgehead atoms. The summed E-state index contributed by atoms with van der Waals surface area (Å²) in [6, 6.07) is 16.6. The Bertz CT molecular complexity index is 905. The summed E-state index contributed by atoms with van der Waals surface area (Å²) in [7, 11) is 0.241. The van der Waals surface area contributed by atoms with Crippen LogP contribution in [0.5, 0.6) is 0 Å². The molecule has 27 heavy (non-hydrogen) atoms. The van der Waals surface area contributed by atoms with Crippen molar-refractivity contribution in [1.82, 2.24) is 9.97 Å². The van der Waals surface area contributed by atoms with Gasteiger partial charge in [-0.2, -0.15) is 0 Å². The van der Waals surface area contributed by atoms with Crippen LogP contribution in [0.2, 0.25) is 0 Å². The standard InChI is InChI=1S/C16H10N2.2C3H9P.Pt/c1-3-12-7-5-11-6-8-13-4-2-10-18-16(13)14(11)15(12)17-9-1;2*1-4(2)3;/h1-10H;2*1-3H3;/p+2. The Balaban J connectivity index is 0.000000350. The molecule has 0 aliphatic rings. The van der Waals surface area contributed by atoms with Gasteiger partial charge in [-0.05, 0) is 33.4 Å². The van der Waals surface area contributed by atoms with Crippen LogP contribution in [-0.2, 0) is 21.1 Å². The van der Waals surface area contributed by atoms with Gasteiger partial charge in [0.05, 0.1) is 11.0 Å². The van der Waals surface area contributed by atoms with Gasteiger partial charge in [0.1, 0.15) is 0 Å². The molecule has 2 nitrogen and oxygen atoms in total. The molecular weight excluding hydrogens is 549 g/mol. The second-order valence-corrected chi connectivity index (χ2v) is 13.4. The van der Waals surface area contributed by atoms with Crippen LogP contribution in [0.4, 0.5) is 0 Å². The van der Waals surface area contributed by atoms with E-state index >= 15 is 0 Å². The largest absolute Gasteiger partial charge is 0.256 e. The Morgan fingerprint density at radius 1 is 0.556 bits per heavy atom. The van der Waals surface area contributed by atoms with Gasteiger partial charge in [-0.1, -0.05) is 36.4 Å². The number of hydrogen-bond donors (Lipinski definition) is 0. The number of nitrogens with zero attached hydrogens (tertiary/aromatic N) is 2. The van der Waals surface area contributed by atoms with E-state index in [1.807, 2.05) is 24.5 Å². The molecule has 4 aromatic rings. The summed E-state index contributed by atoms with van der Waals surface area (Å²) in [4.78, 5) is 9.04. The van der Waals surface area contributed by atoms with Gasteiger partial charge in [0, 0.05) is 89.6 Å². The maximum absolute atomic E-state index is 4.52. The summed E-state index contributed by atoms with van der Waals surface area (Å²) in [5.74, 6) is 0. The van der Waals surface area contributed by atoms with Crippen LogP contribution in [0.1, 0.15) is 0 Å². The molecule has 5 heteroatoms. The fourth-order valence-electron chi connectivity index (χ4n) is 2.49. The molecule has 0 saturated carbocycles. The maximum atomic E-state index is 4.52. The summed E-state index contributed by atoms with van der Waals surface area (Å²) in [6.45, 7) is 13.6. The fourth-order valence-corrected chi connectivity index (χ4v) is 2.49. The van der Waals surface area contributed by atoms with E-state index in [0.29, 0.717) is 0 Å². The Morgan fingerprint density at radius 2 is 0.889 bits per heavy atom. The first-order valence-electron chi connectivity index (χ1n) is 8.95. The number of pyridine rings is 2. The van der Waals surface area contributed by atoms with Crippen molar-refractivity contribution in [3.8, 4) is 0 Å². The van der Waals surface area contributed by atoms with Gasteiger partial charge in [-0.25, -0.2) is 0 Å². The maximum Gasteiger partial charge on any atom is 0.0802 e. The smallest absolute Gasteiger partial charge is 0.0802 e. The molecule has 0 unspecified atom stereocenters. The molecule has 4 rings (SSSR count). The van der Waals surface area contributed by atoms with Crippen LogP contribution >= 0.6 is 15.8 Å². The first kappa shape index (κ1) is 24.1. The van der Waals surface area contributed by atoms with Gasteiger partial charge in [0.15, 0.2) is 0 Å². The average molecular weight is 580 g/mol. The molecule has 146 valence electrons. The molecule has 0 aliphatic heterocycles. The quantitative estimate of drug-likeness (QED) is 0.186. The van der Waals surface area contributed by atoms with E-state index in [0.717, 1.165) is 27.2 Å². The van der Waals surface area contributed by atoms with Crippen molar-refractivity contribution in [3.05, 3.63) is 60.9 Å². The van der Waals surface area contributed by atoms with Gasteiger partial charge in [0.2, 0.25) is 0 Å². The zero-order valence-corrected chi connectivity index (χ0v) is 21.3. The van der Waals surface area contributed by atoms with Crippen molar-refractivity contribution < 1.29 is 21.1 Å². The van der Waals surface area contributed by atoms with Crippen molar-refractivity contribution in [2.75, 3.05) is 40.0 Å². The van der Waals surface area contributed by atoms with Gasteiger partial charge in [-0.3, -0.25) is 9.97 Å². The summed E-state index contributed by atoms with van der Waals surface area (Å²) in [5.41, 5.74) is 2.05. The van der Waals surface area contributed by atoms with Crippen LogP contribution in [-0.4, -0.2) is 50.0 Å². The minimum atomic E-state index is 0. The molecule has 0 N–H and O–H groups in total. The first-order valence-corrected chi connectivity index (χ1v) is 14.9. The van der Waals surface area contributed by atoms with Crippen LogP contribution in [0, 0.1) is 0 Å². The number of benzene rings is 2. The van der Waals surface area contributed by atoms with Crippen molar-refractivity contribution in [1.29, 1.82) is 0 Å². The summed E-state index contributed by atoms with van der Waals surface area (Å²) in [5, 5.41) is 4.64. The van der Waals surface area contributed by atoms with E-state index < -0.39 is 0 Å². The Morgan fingerprint density at radius 3 is 1.26 bits per heavy atom. The molecule has 0 radical (unpaired) electrons. The second kappa shape index (κ2) is 11.8. The third-order valence-corrected chi connectivity index (χ3v) is 3.33. The molecule has 0 spiro atoms.